The molecular weight excluding hydrogens is 362 g/mol. The number of imide groups is 1. The van der Waals surface area contributed by atoms with Crippen LogP contribution in [0.2, 0.25) is 0 Å². The van der Waals surface area contributed by atoms with Crippen molar-refractivity contribution < 1.29 is 14.3 Å². The van der Waals surface area contributed by atoms with Gasteiger partial charge in [-0.3, -0.25) is 10.1 Å². The summed E-state index contributed by atoms with van der Waals surface area (Å²) in [6.45, 7) is 1.18. The SMILES string of the molecule is CNC(=O)NC(=O)[C@@H](Sc1nnc(NCCOC)s1)c1ccccc1. The summed E-state index contributed by atoms with van der Waals surface area (Å²) in [5.74, 6) is -0.417. The molecule has 0 unspecified atom stereocenters. The molecule has 0 aliphatic rings. The molecule has 134 valence electrons. The lowest BCUT2D eigenvalue weighted by Crippen LogP contribution is -2.39. The highest BCUT2D eigenvalue weighted by Gasteiger charge is 2.25. The number of thioether (sulfide) groups is 1. The van der Waals surface area contributed by atoms with Gasteiger partial charge < -0.3 is 15.4 Å². The second-order valence-corrected chi connectivity index (χ2v) is 7.10. The molecule has 1 heterocycles. The number of rotatable bonds is 8. The molecule has 0 aliphatic carbocycles. The largest absolute Gasteiger partial charge is 0.383 e. The number of carbonyl (C=O) groups excluding carboxylic acids is 2. The maximum absolute atomic E-state index is 12.5. The van der Waals surface area contributed by atoms with Crippen molar-refractivity contribution in [3.8, 4) is 0 Å². The first-order valence-electron chi connectivity index (χ1n) is 7.44. The average molecular weight is 381 g/mol. The van der Waals surface area contributed by atoms with Gasteiger partial charge in [0.05, 0.1) is 6.61 Å². The monoisotopic (exact) mass is 381 g/mol. The zero-order valence-electron chi connectivity index (χ0n) is 13.8. The molecule has 3 amide bonds. The van der Waals surface area contributed by atoms with Crippen molar-refractivity contribution in [1.29, 1.82) is 0 Å². The Balaban J connectivity index is 2.11. The number of nitrogens with one attached hydrogen (secondary N) is 3. The third-order valence-electron chi connectivity index (χ3n) is 3.01. The predicted octanol–water partition coefficient (Wildman–Crippen LogP) is 1.89. The molecule has 0 saturated heterocycles. The fourth-order valence-electron chi connectivity index (χ4n) is 1.83. The zero-order chi connectivity index (χ0) is 18.1. The van der Waals surface area contributed by atoms with Crippen molar-refractivity contribution in [2.45, 2.75) is 9.59 Å². The lowest BCUT2D eigenvalue weighted by atomic mass is 10.1. The molecule has 0 bridgehead atoms. The summed E-state index contributed by atoms with van der Waals surface area (Å²) >= 11 is 2.59. The van der Waals surface area contributed by atoms with Crippen LogP contribution in [0.4, 0.5) is 9.93 Å². The third kappa shape index (κ3) is 6.00. The number of nitrogens with zero attached hydrogens (tertiary/aromatic N) is 2. The molecule has 25 heavy (non-hydrogen) atoms. The second-order valence-electron chi connectivity index (χ2n) is 4.77. The number of hydrogen-bond donors (Lipinski definition) is 3. The van der Waals surface area contributed by atoms with Crippen LogP contribution >= 0.6 is 23.1 Å². The van der Waals surface area contributed by atoms with Crippen molar-refractivity contribution in [2.24, 2.45) is 0 Å². The molecule has 1 aromatic heterocycles. The van der Waals surface area contributed by atoms with Crippen molar-refractivity contribution >= 4 is 40.2 Å². The topological polar surface area (TPSA) is 105 Å². The van der Waals surface area contributed by atoms with Gasteiger partial charge in [-0.05, 0) is 5.56 Å². The minimum atomic E-state index is -0.613. The highest BCUT2D eigenvalue weighted by Crippen LogP contribution is 2.37. The maximum Gasteiger partial charge on any atom is 0.321 e. The molecule has 0 saturated carbocycles. The van der Waals surface area contributed by atoms with Crippen molar-refractivity contribution in [1.82, 2.24) is 20.8 Å². The molecule has 0 spiro atoms. The smallest absolute Gasteiger partial charge is 0.321 e. The first-order valence-corrected chi connectivity index (χ1v) is 9.14. The van der Waals surface area contributed by atoms with Gasteiger partial charge in [-0.25, -0.2) is 4.79 Å². The van der Waals surface area contributed by atoms with Crippen LogP contribution in [0.1, 0.15) is 10.8 Å². The van der Waals surface area contributed by atoms with E-state index in [1.807, 2.05) is 30.3 Å². The van der Waals surface area contributed by atoms with E-state index in [-0.39, 0.29) is 0 Å². The fraction of sp³-hybridized carbons (Fsp3) is 0.333. The number of amides is 3. The number of methoxy groups -OCH3 is 1. The van der Waals surface area contributed by atoms with Crippen LogP contribution in [0.25, 0.3) is 0 Å². The average Bonchev–Trinajstić information content (AvgIpc) is 3.08. The molecule has 0 aliphatic heterocycles. The summed E-state index contributed by atoms with van der Waals surface area (Å²) in [7, 11) is 3.08. The van der Waals surface area contributed by atoms with Crippen LogP contribution in [-0.4, -0.2) is 49.4 Å². The van der Waals surface area contributed by atoms with E-state index in [2.05, 4.69) is 26.1 Å². The van der Waals surface area contributed by atoms with Gasteiger partial charge in [0.15, 0.2) is 4.34 Å². The van der Waals surface area contributed by atoms with Crippen LogP contribution < -0.4 is 16.0 Å². The fourth-order valence-corrected chi connectivity index (χ4v) is 3.80. The molecule has 2 aromatic rings. The Kier molecular flexibility index (Phi) is 7.64. The molecule has 1 aromatic carbocycles. The summed E-state index contributed by atoms with van der Waals surface area (Å²) in [6, 6.07) is 8.66. The number of urea groups is 1. The first kappa shape index (κ1) is 19.2. The van der Waals surface area contributed by atoms with Gasteiger partial charge in [0.2, 0.25) is 11.0 Å². The normalized spacial score (nSPS) is 11.6. The molecule has 10 heteroatoms. The highest BCUT2D eigenvalue weighted by molar-refractivity contribution is 8.01. The summed E-state index contributed by atoms with van der Waals surface area (Å²) in [6.07, 6.45) is 0. The Morgan fingerprint density at radius 1 is 1.28 bits per heavy atom. The Hall–Kier alpha value is -2.17. The van der Waals surface area contributed by atoms with Gasteiger partial charge in [-0.15, -0.1) is 10.2 Å². The standard InChI is InChI=1S/C15H19N5O3S2/c1-16-13(22)18-12(21)11(10-6-4-3-5-7-10)24-15-20-19-14(25-15)17-8-9-23-2/h3-7,11H,8-9H2,1-2H3,(H,17,19)(H2,16,18,21,22)/t11-/m0/s1. The summed E-state index contributed by atoms with van der Waals surface area (Å²) in [5, 5.41) is 15.9. The summed E-state index contributed by atoms with van der Waals surface area (Å²) < 4.78 is 5.60. The number of benzene rings is 1. The van der Waals surface area contributed by atoms with E-state index in [9.17, 15) is 9.59 Å². The van der Waals surface area contributed by atoms with Crippen LogP contribution in [0, 0.1) is 0 Å². The Labute approximate surface area is 153 Å². The van der Waals surface area contributed by atoms with Crippen molar-refractivity contribution in [2.75, 3.05) is 32.6 Å². The highest BCUT2D eigenvalue weighted by atomic mass is 32.2. The molecular formula is C15H19N5O3S2. The number of ether oxygens (including phenoxy) is 1. The van der Waals surface area contributed by atoms with E-state index < -0.39 is 17.2 Å². The van der Waals surface area contributed by atoms with E-state index in [0.29, 0.717) is 22.6 Å². The van der Waals surface area contributed by atoms with Gasteiger partial charge in [-0.2, -0.15) is 0 Å². The minimum Gasteiger partial charge on any atom is -0.383 e. The van der Waals surface area contributed by atoms with Gasteiger partial charge in [0, 0.05) is 20.7 Å². The van der Waals surface area contributed by atoms with Crippen LogP contribution in [0.5, 0.6) is 0 Å². The van der Waals surface area contributed by atoms with Crippen molar-refractivity contribution in [3.05, 3.63) is 35.9 Å². The van der Waals surface area contributed by atoms with E-state index in [1.54, 1.807) is 7.11 Å². The van der Waals surface area contributed by atoms with E-state index in [4.69, 9.17) is 4.74 Å². The lowest BCUT2D eigenvalue weighted by Gasteiger charge is -2.14. The van der Waals surface area contributed by atoms with E-state index >= 15 is 0 Å². The lowest BCUT2D eigenvalue weighted by molar-refractivity contribution is -0.119. The molecule has 3 N–H and O–H groups in total. The zero-order valence-corrected chi connectivity index (χ0v) is 15.4. The van der Waals surface area contributed by atoms with Gasteiger partial charge in [0.1, 0.15) is 5.25 Å². The Morgan fingerprint density at radius 3 is 2.72 bits per heavy atom. The predicted molar refractivity (Wildman–Crippen MR) is 97.9 cm³/mol. The van der Waals surface area contributed by atoms with Crippen LogP contribution in [0.15, 0.2) is 34.7 Å². The minimum absolute atomic E-state index is 0.417. The van der Waals surface area contributed by atoms with Crippen molar-refractivity contribution in [3.63, 3.8) is 0 Å². The quantitative estimate of drug-likeness (QED) is 0.474. The van der Waals surface area contributed by atoms with Crippen LogP contribution in [0.3, 0.4) is 0 Å². The molecule has 8 nitrogen and oxygen atoms in total. The molecule has 0 fully saturated rings. The van der Waals surface area contributed by atoms with Gasteiger partial charge in [-0.1, -0.05) is 53.4 Å². The number of anilines is 1. The number of hydrogen-bond acceptors (Lipinski definition) is 8. The summed E-state index contributed by atoms with van der Waals surface area (Å²) in [4.78, 5) is 23.9. The Bertz CT molecular complexity index is 695. The van der Waals surface area contributed by atoms with Crippen LogP contribution in [-0.2, 0) is 9.53 Å². The maximum atomic E-state index is 12.5. The second kappa shape index (κ2) is 9.97. The molecule has 1 atom stereocenters. The molecule has 0 radical (unpaired) electrons. The van der Waals surface area contributed by atoms with Gasteiger partial charge in [0.25, 0.3) is 0 Å². The number of carbonyl (C=O) groups is 2. The Morgan fingerprint density at radius 2 is 2.04 bits per heavy atom. The van der Waals surface area contributed by atoms with E-state index in [1.165, 1.54) is 30.1 Å². The van der Waals surface area contributed by atoms with Gasteiger partial charge >= 0.3 is 6.03 Å². The first-order chi connectivity index (χ1) is 12.1. The third-order valence-corrected chi connectivity index (χ3v) is 5.23. The summed E-state index contributed by atoms with van der Waals surface area (Å²) in [5.41, 5.74) is 0.776. The number of aromatic nitrogens is 2. The van der Waals surface area contributed by atoms with E-state index in [0.717, 1.165) is 5.56 Å². The molecule has 2 rings (SSSR count).